The number of carbonyl (C=O) groups excluding carboxylic acids is 1. The van der Waals surface area contributed by atoms with E-state index in [4.69, 9.17) is 5.73 Å². The fourth-order valence-electron chi connectivity index (χ4n) is 1.76. The van der Waals surface area contributed by atoms with Crippen molar-refractivity contribution in [3.8, 4) is 0 Å². The molecule has 3 N–H and O–H groups in total. The van der Waals surface area contributed by atoms with E-state index in [1.54, 1.807) is 6.07 Å². The number of anilines is 2. The van der Waals surface area contributed by atoms with E-state index in [-0.39, 0.29) is 5.78 Å². The molecule has 0 heterocycles. The summed E-state index contributed by atoms with van der Waals surface area (Å²) >= 11 is 0. The van der Waals surface area contributed by atoms with Gasteiger partial charge in [0, 0.05) is 23.0 Å². The van der Waals surface area contributed by atoms with E-state index in [2.05, 4.69) is 19.2 Å². The summed E-state index contributed by atoms with van der Waals surface area (Å²) in [6, 6.07) is 5.92. The lowest BCUT2D eigenvalue weighted by Crippen LogP contribution is -2.14. The van der Waals surface area contributed by atoms with Gasteiger partial charge in [0.05, 0.1) is 0 Å². The molecule has 1 atom stereocenters. The number of nitrogen functional groups attached to an aromatic ring is 1. The van der Waals surface area contributed by atoms with Crippen molar-refractivity contribution in [2.24, 2.45) is 0 Å². The molecule has 0 amide bonds. The number of rotatable bonds is 5. The van der Waals surface area contributed by atoms with Crippen LogP contribution in [0.15, 0.2) is 18.2 Å². The second-order valence-electron chi connectivity index (χ2n) is 4.19. The Bertz CT molecular complexity index is 374. The average Bonchev–Trinajstić information content (AvgIpc) is 2.17. The molecule has 0 aliphatic rings. The van der Waals surface area contributed by atoms with Crippen molar-refractivity contribution in [2.45, 2.75) is 39.7 Å². The van der Waals surface area contributed by atoms with Gasteiger partial charge in [-0.3, -0.25) is 4.79 Å². The van der Waals surface area contributed by atoms with E-state index >= 15 is 0 Å². The summed E-state index contributed by atoms with van der Waals surface area (Å²) in [6.45, 7) is 5.82. The van der Waals surface area contributed by atoms with Crippen LogP contribution >= 0.6 is 0 Å². The Hall–Kier alpha value is -1.51. The topological polar surface area (TPSA) is 55.1 Å². The van der Waals surface area contributed by atoms with Crippen LogP contribution < -0.4 is 11.1 Å². The predicted octanol–water partition coefficient (Wildman–Crippen LogP) is 3.07. The normalized spacial score (nSPS) is 12.2. The highest BCUT2D eigenvalue weighted by molar-refractivity contribution is 5.99. The quantitative estimate of drug-likeness (QED) is 0.592. The summed E-state index contributed by atoms with van der Waals surface area (Å²) < 4.78 is 0. The monoisotopic (exact) mass is 220 g/mol. The lowest BCUT2D eigenvalue weighted by Gasteiger charge is -2.15. The van der Waals surface area contributed by atoms with Crippen molar-refractivity contribution in [3.63, 3.8) is 0 Å². The summed E-state index contributed by atoms with van der Waals surface area (Å²) in [5.41, 5.74) is 7.92. The lowest BCUT2D eigenvalue weighted by atomic mass is 10.1. The number of hydrogen-bond donors (Lipinski definition) is 2. The molecule has 3 heteroatoms. The van der Waals surface area contributed by atoms with Crippen LogP contribution in [-0.2, 0) is 0 Å². The van der Waals surface area contributed by atoms with Crippen LogP contribution in [0.2, 0.25) is 0 Å². The van der Waals surface area contributed by atoms with Crippen molar-refractivity contribution in [3.05, 3.63) is 23.8 Å². The van der Waals surface area contributed by atoms with Crippen LogP contribution in [0.4, 0.5) is 11.4 Å². The maximum Gasteiger partial charge on any atom is 0.161 e. The number of ketones is 1. The Kier molecular flexibility index (Phi) is 4.35. The van der Waals surface area contributed by atoms with Crippen molar-refractivity contribution in [1.29, 1.82) is 0 Å². The summed E-state index contributed by atoms with van der Waals surface area (Å²) in [5, 5.41) is 3.36. The third kappa shape index (κ3) is 3.26. The molecule has 0 radical (unpaired) electrons. The molecule has 0 saturated heterocycles. The van der Waals surface area contributed by atoms with Crippen LogP contribution in [0.1, 0.15) is 44.0 Å². The molecule has 1 aromatic rings. The minimum Gasteiger partial charge on any atom is -0.398 e. The highest BCUT2D eigenvalue weighted by Crippen LogP contribution is 2.19. The van der Waals surface area contributed by atoms with Gasteiger partial charge in [0.2, 0.25) is 0 Å². The van der Waals surface area contributed by atoms with Crippen molar-refractivity contribution in [2.75, 3.05) is 11.1 Å². The molecule has 0 fully saturated rings. The number of nitrogens with two attached hydrogens (primary N) is 1. The Morgan fingerprint density at radius 1 is 1.50 bits per heavy atom. The number of Topliss-reactive ketones (excluding diaryl/α,β-unsaturated/α-hetero) is 1. The zero-order valence-corrected chi connectivity index (χ0v) is 10.2. The van der Waals surface area contributed by atoms with Gasteiger partial charge >= 0.3 is 0 Å². The molecule has 0 spiro atoms. The van der Waals surface area contributed by atoms with E-state index in [1.807, 2.05) is 12.1 Å². The molecule has 1 rings (SSSR count). The first-order chi connectivity index (χ1) is 7.54. The Morgan fingerprint density at radius 2 is 2.19 bits per heavy atom. The number of benzene rings is 1. The van der Waals surface area contributed by atoms with E-state index in [0.717, 1.165) is 18.5 Å². The van der Waals surface area contributed by atoms with Gasteiger partial charge in [-0.15, -0.1) is 0 Å². The third-order valence-corrected chi connectivity index (χ3v) is 2.57. The summed E-state index contributed by atoms with van der Waals surface area (Å²) in [4.78, 5) is 11.2. The zero-order chi connectivity index (χ0) is 12.1. The molecule has 1 aromatic carbocycles. The summed E-state index contributed by atoms with van der Waals surface area (Å²) in [6.07, 6.45) is 2.27. The first-order valence-corrected chi connectivity index (χ1v) is 5.71. The molecule has 0 aliphatic carbocycles. The minimum atomic E-state index is 0.00524. The molecule has 88 valence electrons. The molecule has 0 saturated carbocycles. The molecule has 16 heavy (non-hydrogen) atoms. The molecule has 3 nitrogen and oxygen atoms in total. The Balaban J connectivity index is 2.77. The fraction of sp³-hybridized carbons (Fsp3) is 0.462. The molecular weight excluding hydrogens is 200 g/mol. The standard InChI is InChI=1S/C13H20N2O/c1-4-5-9(2)15-11-6-7-12(10(3)16)13(14)8-11/h6-9,15H,4-5,14H2,1-3H3. The highest BCUT2D eigenvalue weighted by Gasteiger charge is 2.06. The van der Waals surface area contributed by atoms with Crippen LogP contribution in [0.25, 0.3) is 0 Å². The molecule has 0 bridgehead atoms. The van der Waals surface area contributed by atoms with E-state index in [9.17, 15) is 4.79 Å². The minimum absolute atomic E-state index is 0.00524. The Morgan fingerprint density at radius 3 is 2.69 bits per heavy atom. The van der Waals surface area contributed by atoms with Gasteiger partial charge < -0.3 is 11.1 Å². The predicted molar refractivity (Wildman–Crippen MR) is 68.9 cm³/mol. The smallest absolute Gasteiger partial charge is 0.161 e. The average molecular weight is 220 g/mol. The van der Waals surface area contributed by atoms with Gasteiger partial charge in [0.15, 0.2) is 5.78 Å². The SMILES string of the molecule is CCCC(C)Nc1ccc(C(C)=O)c(N)c1. The largest absolute Gasteiger partial charge is 0.398 e. The fourth-order valence-corrected chi connectivity index (χ4v) is 1.76. The first kappa shape index (κ1) is 12.6. The molecular formula is C13H20N2O. The number of carbonyl (C=O) groups is 1. The molecule has 1 unspecified atom stereocenters. The summed E-state index contributed by atoms with van der Waals surface area (Å²) in [5.74, 6) is 0.00524. The lowest BCUT2D eigenvalue weighted by molar-refractivity contribution is 0.101. The van der Waals surface area contributed by atoms with E-state index in [1.165, 1.54) is 6.92 Å². The van der Waals surface area contributed by atoms with Crippen LogP contribution in [0.3, 0.4) is 0 Å². The van der Waals surface area contributed by atoms with Crippen LogP contribution in [0.5, 0.6) is 0 Å². The highest BCUT2D eigenvalue weighted by atomic mass is 16.1. The number of nitrogens with one attached hydrogen (secondary N) is 1. The van der Waals surface area contributed by atoms with E-state index < -0.39 is 0 Å². The van der Waals surface area contributed by atoms with Gasteiger partial charge in [0.25, 0.3) is 0 Å². The molecule has 0 aromatic heterocycles. The van der Waals surface area contributed by atoms with Crippen LogP contribution in [-0.4, -0.2) is 11.8 Å². The van der Waals surface area contributed by atoms with Crippen molar-refractivity contribution >= 4 is 17.2 Å². The second kappa shape index (κ2) is 5.54. The Labute approximate surface area is 97.0 Å². The van der Waals surface area contributed by atoms with Crippen molar-refractivity contribution < 1.29 is 4.79 Å². The van der Waals surface area contributed by atoms with Gasteiger partial charge in [-0.1, -0.05) is 13.3 Å². The van der Waals surface area contributed by atoms with Gasteiger partial charge in [-0.2, -0.15) is 0 Å². The maximum atomic E-state index is 11.2. The zero-order valence-electron chi connectivity index (χ0n) is 10.2. The first-order valence-electron chi connectivity index (χ1n) is 5.71. The van der Waals surface area contributed by atoms with Crippen molar-refractivity contribution in [1.82, 2.24) is 0 Å². The van der Waals surface area contributed by atoms with Gasteiger partial charge in [-0.05, 0) is 38.5 Å². The van der Waals surface area contributed by atoms with Gasteiger partial charge in [0.1, 0.15) is 0 Å². The van der Waals surface area contributed by atoms with Gasteiger partial charge in [-0.25, -0.2) is 0 Å². The maximum absolute atomic E-state index is 11.2. The third-order valence-electron chi connectivity index (χ3n) is 2.57. The number of hydrogen-bond acceptors (Lipinski definition) is 3. The second-order valence-corrected chi connectivity index (χ2v) is 4.19. The molecule has 0 aliphatic heterocycles. The summed E-state index contributed by atoms with van der Waals surface area (Å²) in [7, 11) is 0. The van der Waals surface area contributed by atoms with E-state index in [0.29, 0.717) is 17.3 Å². The van der Waals surface area contributed by atoms with Crippen LogP contribution in [0, 0.1) is 0 Å².